The Balaban J connectivity index is 1.84. The number of halogens is 3. The molecule has 3 aromatic carbocycles. The van der Waals surface area contributed by atoms with Crippen LogP contribution in [0.25, 0.3) is 0 Å². The molecule has 0 fully saturated rings. The van der Waals surface area contributed by atoms with Gasteiger partial charge in [-0.15, -0.1) is 0 Å². The van der Waals surface area contributed by atoms with E-state index in [2.05, 4.69) is 27.6 Å². The fraction of sp³-hybridized carbons (Fsp3) is 0. The second-order valence-electron chi connectivity index (χ2n) is 4.95. The molecule has 120 valence electrons. The Hall–Kier alpha value is -2.28. The standard InChI is InChI=1S/C19H12F2INO/c20-17-10-9-16(11-18(17)21)24-19-4-2-1-3-13(19)12-23-15-7-5-14(22)6-8-15/h1-12H. The van der Waals surface area contributed by atoms with Crippen molar-refractivity contribution >= 4 is 34.5 Å². The van der Waals surface area contributed by atoms with Gasteiger partial charge in [-0.2, -0.15) is 0 Å². The third kappa shape index (κ3) is 4.17. The maximum absolute atomic E-state index is 13.3. The maximum atomic E-state index is 13.3. The molecule has 0 spiro atoms. The maximum Gasteiger partial charge on any atom is 0.162 e. The van der Waals surface area contributed by atoms with E-state index in [4.69, 9.17) is 4.74 Å². The molecule has 0 saturated heterocycles. The Labute approximate surface area is 152 Å². The van der Waals surface area contributed by atoms with Crippen LogP contribution in [0.3, 0.4) is 0 Å². The largest absolute Gasteiger partial charge is 0.457 e. The molecule has 0 bridgehead atoms. The minimum absolute atomic E-state index is 0.226. The van der Waals surface area contributed by atoms with E-state index in [1.807, 2.05) is 36.4 Å². The van der Waals surface area contributed by atoms with E-state index in [0.29, 0.717) is 5.75 Å². The van der Waals surface area contributed by atoms with E-state index in [-0.39, 0.29) is 5.75 Å². The van der Waals surface area contributed by atoms with Crippen LogP contribution in [0.15, 0.2) is 71.7 Å². The van der Waals surface area contributed by atoms with E-state index in [0.717, 1.165) is 27.0 Å². The van der Waals surface area contributed by atoms with Crippen LogP contribution >= 0.6 is 22.6 Å². The summed E-state index contributed by atoms with van der Waals surface area (Å²) in [6.45, 7) is 0. The van der Waals surface area contributed by atoms with Gasteiger partial charge in [-0.05, 0) is 71.1 Å². The minimum atomic E-state index is -0.947. The molecule has 2 nitrogen and oxygen atoms in total. The second kappa shape index (κ2) is 7.53. The summed E-state index contributed by atoms with van der Waals surface area (Å²) in [5, 5.41) is 0. The van der Waals surface area contributed by atoms with Gasteiger partial charge in [0.15, 0.2) is 11.6 Å². The predicted molar refractivity (Wildman–Crippen MR) is 99.3 cm³/mol. The first-order valence-corrected chi connectivity index (χ1v) is 8.21. The minimum Gasteiger partial charge on any atom is -0.457 e. The van der Waals surface area contributed by atoms with Crippen molar-refractivity contribution in [3.05, 3.63) is 87.5 Å². The zero-order valence-electron chi connectivity index (χ0n) is 12.4. The number of nitrogens with zero attached hydrogens (tertiary/aromatic N) is 1. The molecule has 0 heterocycles. The number of hydrogen-bond donors (Lipinski definition) is 0. The third-order valence-electron chi connectivity index (χ3n) is 3.22. The summed E-state index contributed by atoms with van der Waals surface area (Å²) < 4.78 is 33.1. The summed E-state index contributed by atoms with van der Waals surface area (Å²) in [4.78, 5) is 4.41. The van der Waals surface area contributed by atoms with Crippen LogP contribution < -0.4 is 4.74 Å². The third-order valence-corrected chi connectivity index (χ3v) is 3.94. The van der Waals surface area contributed by atoms with Crippen LogP contribution in [0.1, 0.15) is 5.56 Å². The highest BCUT2D eigenvalue weighted by Crippen LogP contribution is 2.26. The van der Waals surface area contributed by atoms with Crippen LogP contribution in [0, 0.1) is 15.2 Å². The van der Waals surface area contributed by atoms with E-state index in [1.54, 1.807) is 18.3 Å². The number of rotatable bonds is 4. The van der Waals surface area contributed by atoms with Crippen LogP contribution in [0.5, 0.6) is 11.5 Å². The van der Waals surface area contributed by atoms with Crippen LogP contribution in [-0.2, 0) is 0 Å². The normalized spacial score (nSPS) is 11.0. The van der Waals surface area contributed by atoms with E-state index < -0.39 is 11.6 Å². The molecule has 0 aliphatic rings. The Morgan fingerprint density at radius 3 is 2.38 bits per heavy atom. The van der Waals surface area contributed by atoms with Crippen molar-refractivity contribution in [1.29, 1.82) is 0 Å². The summed E-state index contributed by atoms with van der Waals surface area (Å²) in [5.41, 5.74) is 1.55. The quantitative estimate of drug-likeness (QED) is 0.358. The Kier molecular flexibility index (Phi) is 5.20. The van der Waals surface area contributed by atoms with Crippen molar-refractivity contribution in [3.63, 3.8) is 0 Å². The summed E-state index contributed by atoms with van der Waals surface area (Å²) in [7, 11) is 0. The van der Waals surface area contributed by atoms with Crippen molar-refractivity contribution < 1.29 is 13.5 Å². The first-order valence-electron chi connectivity index (χ1n) is 7.13. The number of hydrogen-bond acceptors (Lipinski definition) is 2. The first-order chi connectivity index (χ1) is 11.6. The average Bonchev–Trinajstić information content (AvgIpc) is 2.59. The molecule has 5 heteroatoms. The summed E-state index contributed by atoms with van der Waals surface area (Å²) in [5.74, 6) is -1.12. The number of ether oxygens (including phenoxy) is 1. The van der Waals surface area contributed by atoms with Gasteiger partial charge in [0.1, 0.15) is 11.5 Å². The molecule has 24 heavy (non-hydrogen) atoms. The summed E-state index contributed by atoms with van der Waals surface area (Å²) in [6, 6.07) is 18.4. The van der Waals surface area contributed by atoms with Crippen LogP contribution in [0.2, 0.25) is 0 Å². The topological polar surface area (TPSA) is 21.6 Å². The number of benzene rings is 3. The molecular formula is C19H12F2INO. The lowest BCUT2D eigenvalue weighted by molar-refractivity contribution is 0.461. The summed E-state index contributed by atoms with van der Waals surface area (Å²) >= 11 is 2.23. The van der Waals surface area contributed by atoms with Crippen molar-refractivity contribution in [1.82, 2.24) is 0 Å². The average molecular weight is 435 g/mol. The second-order valence-corrected chi connectivity index (χ2v) is 6.20. The molecule has 0 saturated carbocycles. The molecule has 0 N–H and O–H groups in total. The zero-order valence-corrected chi connectivity index (χ0v) is 14.6. The fourth-order valence-corrected chi connectivity index (χ4v) is 2.38. The fourth-order valence-electron chi connectivity index (χ4n) is 2.02. The Bertz CT molecular complexity index is 879. The lowest BCUT2D eigenvalue weighted by Gasteiger charge is -2.08. The van der Waals surface area contributed by atoms with Gasteiger partial charge >= 0.3 is 0 Å². The van der Waals surface area contributed by atoms with E-state index in [9.17, 15) is 8.78 Å². The molecule has 0 aliphatic heterocycles. The van der Waals surface area contributed by atoms with E-state index in [1.165, 1.54) is 6.07 Å². The molecule has 0 aromatic heterocycles. The lowest BCUT2D eigenvalue weighted by Crippen LogP contribution is -1.92. The first kappa shape index (κ1) is 16.6. The van der Waals surface area contributed by atoms with Gasteiger partial charge in [-0.25, -0.2) is 8.78 Å². The number of para-hydroxylation sites is 1. The van der Waals surface area contributed by atoms with Gasteiger partial charge < -0.3 is 4.74 Å². The summed E-state index contributed by atoms with van der Waals surface area (Å²) in [6.07, 6.45) is 1.68. The molecule has 3 aromatic rings. The highest BCUT2D eigenvalue weighted by atomic mass is 127. The molecule has 0 unspecified atom stereocenters. The molecule has 0 amide bonds. The molecular weight excluding hydrogens is 423 g/mol. The smallest absolute Gasteiger partial charge is 0.162 e. The van der Waals surface area contributed by atoms with Gasteiger partial charge in [0.25, 0.3) is 0 Å². The molecule has 3 rings (SSSR count). The number of aliphatic imine (C=N–C) groups is 1. The van der Waals surface area contributed by atoms with Gasteiger partial charge in [-0.1, -0.05) is 12.1 Å². The molecule has 0 aliphatic carbocycles. The van der Waals surface area contributed by atoms with Gasteiger partial charge in [0.05, 0.1) is 5.69 Å². The van der Waals surface area contributed by atoms with Crippen LogP contribution in [-0.4, -0.2) is 6.21 Å². The highest BCUT2D eigenvalue weighted by molar-refractivity contribution is 14.1. The molecule has 0 atom stereocenters. The lowest BCUT2D eigenvalue weighted by atomic mass is 10.2. The Morgan fingerprint density at radius 1 is 0.875 bits per heavy atom. The predicted octanol–water partition coefficient (Wildman–Crippen LogP) is 6.11. The monoisotopic (exact) mass is 435 g/mol. The van der Waals surface area contributed by atoms with Crippen molar-refractivity contribution in [2.24, 2.45) is 4.99 Å². The van der Waals surface area contributed by atoms with Gasteiger partial charge in [-0.3, -0.25) is 4.99 Å². The van der Waals surface area contributed by atoms with Crippen molar-refractivity contribution in [3.8, 4) is 11.5 Å². The van der Waals surface area contributed by atoms with Gasteiger partial charge in [0.2, 0.25) is 0 Å². The van der Waals surface area contributed by atoms with Crippen molar-refractivity contribution in [2.75, 3.05) is 0 Å². The molecule has 0 radical (unpaired) electrons. The van der Waals surface area contributed by atoms with Crippen molar-refractivity contribution in [2.45, 2.75) is 0 Å². The Morgan fingerprint density at radius 2 is 1.62 bits per heavy atom. The SMILES string of the molecule is Fc1ccc(Oc2ccccc2C=Nc2ccc(I)cc2)cc1F. The zero-order chi connectivity index (χ0) is 16.9. The van der Waals surface area contributed by atoms with Gasteiger partial charge in [0, 0.05) is 21.4 Å². The van der Waals surface area contributed by atoms with Crippen LogP contribution in [0.4, 0.5) is 14.5 Å². The van der Waals surface area contributed by atoms with E-state index >= 15 is 0 Å². The highest BCUT2D eigenvalue weighted by Gasteiger charge is 2.06.